The number of primary sulfonamides is 1. The van der Waals surface area contributed by atoms with Crippen LogP contribution in [0.1, 0.15) is 12.5 Å². The van der Waals surface area contributed by atoms with Crippen molar-refractivity contribution in [3.05, 3.63) is 54.1 Å². The van der Waals surface area contributed by atoms with Crippen LogP contribution in [0.25, 0.3) is 0 Å². The molecular weight excluding hydrogens is 384 g/mol. The van der Waals surface area contributed by atoms with E-state index >= 15 is 0 Å². The highest BCUT2D eigenvalue weighted by molar-refractivity contribution is 7.89. The van der Waals surface area contributed by atoms with Crippen molar-refractivity contribution in [2.45, 2.75) is 18.4 Å². The third-order valence-electron chi connectivity index (χ3n) is 3.52. The number of sulfonamides is 1. The van der Waals surface area contributed by atoms with Gasteiger partial charge in [-0.3, -0.25) is 4.79 Å². The lowest BCUT2D eigenvalue weighted by Crippen LogP contribution is -2.37. The summed E-state index contributed by atoms with van der Waals surface area (Å²) in [4.78, 5) is 22.8. The van der Waals surface area contributed by atoms with Crippen LogP contribution >= 0.6 is 0 Å². The molecule has 2 aromatic carbocycles. The SMILES string of the molecule is CC(=O)Nc1cccc(OCCNC(=O)NCc2ccc(S(N)(=O)=O)cc2)c1. The number of anilines is 1. The quantitative estimate of drug-likeness (QED) is 0.487. The second-order valence-corrected chi connectivity index (χ2v) is 7.42. The first-order valence-electron chi connectivity index (χ1n) is 8.38. The second kappa shape index (κ2) is 9.72. The van der Waals surface area contributed by atoms with E-state index in [1.54, 1.807) is 36.4 Å². The first kappa shape index (κ1) is 21.2. The van der Waals surface area contributed by atoms with Gasteiger partial charge < -0.3 is 20.7 Å². The molecule has 0 saturated heterocycles. The lowest BCUT2D eigenvalue weighted by Gasteiger charge is -2.10. The normalized spacial score (nSPS) is 10.8. The molecule has 0 saturated carbocycles. The highest BCUT2D eigenvalue weighted by Crippen LogP contribution is 2.17. The van der Waals surface area contributed by atoms with Crippen molar-refractivity contribution in [1.29, 1.82) is 0 Å². The van der Waals surface area contributed by atoms with Gasteiger partial charge in [0, 0.05) is 25.2 Å². The average Bonchev–Trinajstić information content (AvgIpc) is 2.63. The summed E-state index contributed by atoms with van der Waals surface area (Å²) in [6, 6.07) is 12.5. The Morgan fingerprint density at radius 2 is 1.79 bits per heavy atom. The van der Waals surface area contributed by atoms with Gasteiger partial charge in [0.25, 0.3) is 0 Å². The Morgan fingerprint density at radius 1 is 1.07 bits per heavy atom. The molecule has 3 amide bonds. The number of hydrogen-bond donors (Lipinski definition) is 4. The minimum atomic E-state index is -3.73. The molecule has 9 nitrogen and oxygen atoms in total. The molecule has 2 aromatic rings. The van der Waals surface area contributed by atoms with E-state index in [0.29, 0.717) is 11.4 Å². The van der Waals surface area contributed by atoms with Gasteiger partial charge in [-0.15, -0.1) is 0 Å². The Balaban J connectivity index is 1.69. The van der Waals surface area contributed by atoms with Crippen LogP contribution in [-0.4, -0.2) is 33.5 Å². The smallest absolute Gasteiger partial charge is 0.315 e. The van der Waals surface area contributed by atoms with Crippen LogP contribution in [0.2, 0.25) is 0 Å². The zero-order valence-corrected chi connectivity index (χ0v) is 16.1. The monoisotopic (exact) mass is 406 g/mol. The number of benzene rings is 2. The standard InChI is InChI=1S/C18H22N4O5S/c1-13(23)22-15-3-2-4-16(11-15)27-10-9-20-18(24)21-12-14-5-7-17(8-6-14)28(19,25)26/h2-8,11H,9-10,12H2,1H3,(H,22,23)(H2,19,25,26)(H2,20,21,24). The van der Waals surface area contributed by atoms with Gasteiger partial charge in [0.2, 0.25) is 15.9 Å². The maximum absolute atomic E-state index is 11.8. The second-order valence-electron chi connectivity index (χ2n) is 5.86. The van der Waals surface area contributed by atoms with Crippen LogP contribution in [0, 0.1) is 0 Å². The Morgan fingerprint density at radius 3 is 2.43 bits per heavy atom. The topological polar surface area (TPSA) is 140 Å². The highest BCUT2D eigenvalue weighted by Gasteiger charge is 2.07. The summed E-state index contributed by atoms with van der Waals surface area (Å²) in [5.41, 5.74) is 1.36. The van der Waals surface area contributed by atoms with Gasteiger partial charge in [-0.25, -0.2) is 18.4 Å². The molecule has 0 aliphatic heterocycles. The molecule has 0 aliphatic carbocycles. The Hall–Kier alpha value is -3.11. The van der Waals surface area contributed by atoms with Gasteiger partial charge in [-0.1, -0.05) is 18.2 Å². The minimum Gasteiger partial charge on any atom is -0.492 e. The number of carbonyl (C=O) groups excluding carboxylic acids is 2. The molecule has 0 heterocycles. The molecule has 0 fully saturated rings. The van der Waals surface area contributed by atoms with Crippen molar-refractivity contribution in [1.82, 2.24) is 10.6 Å². The molecular formula is C18H22N4O5S. The van der Waals surface area contributed by atoms with Crippen LogP contribution < -0.4 is 25.8 Å². The Labute approximate surface area is 163 Å². The van der Waals surface area contributed by atoms with E-state index in [0.717, 1.165) is 5.56 Å². The zero-order chi connectivity index (χ0) is 20.6. The van der Waals surface area contributed by atoms with Crippen LogP contribution in [0.5, 0.6) is 5.75 Å². The number of rotatable bonds is 8. The predicted octanol–water partition coefficient (Wildman–Crippen LogP) is 1.17. The van der Waals surface area contributed by atoms with Gasteiger partial charge in [0.15, 0.2) is 0 Å². The van der Waals surface area contributed by atoms with Gasteiger partial charge in [0.05, 0.1) is 11.4 Å². The van der Waals surface area contributed by atoms with E-state index in [1.165, 1.54) is 19.1 Å². The molecule has 0 radical (unpaired) electrons. The van der Waals surface area contributed by atoms with Crippen LogP contribution in [0.15, 0.2) is 53.4 Å². The van der Waals surface area contributed by atoms with Crippen LogP contribution in [0.4, 0.5) is 10.5 Å². The van der Waals surface area contributed by atoms with Crippen molar-refractivity contribution < 1.29 is 22.7 Å². The molecule has 0 bridgehead atoms. The van der Waals surface area contributed by atoms with Gasteiger partial charge >= 0.3 is 6.03 Å². The molecule has 150 valence electrons. The molecule has 0 unspecified atom stereocenters. The summed E-state index contributed by atoms with van der Waals surface area (Å²) in [6.07, 6.45) is 0. The fraction of sp³-hybridized carbons (Fsp3) is 0.222. The van der Waals surface area contributed by atoms with E-state index in [2.05, 4.69) is 16.0 Å². The number of nitrogens with one attached hydrogen (secondary N) is 3. The summed E-state index contributed by atoms with van der Waals surface area (Å²) in [5.74, 6) is 0.401. The molecule has 0 aromatic heterocycles. The van der Waals surface area contributed by atoms with E-state index in [4.69, 9.17) is 9.88 Å². The largest absolute Gasteiger partial charge is 0.492 e. The van der Waals surface area contributed by atoms with Crippen molar-refractivity contribution in [3.8, 4) is 5.75 Å². The molecule has 2 rings (SSSR count). The van der Waals surface area contributed by atoms with E-state index < -0.39 is 10.0 Å². The molecule has 0 spiro atoms. The molecule has 0 aliphatic rings. The maximum Gasteiger partial charge on any atom is 0.315 e. The Kier molecular flexibility index (Phi) is 7.36. The number of amides is 3. The van der Waals surface area contributed by atoms with Gasteiger partial charge in [0.1, 0.15) is 12.4 Å². The number of hydrogen-bond acceptors (Lipinski definition) is 5. The average molecular weight is 406 g/mol. The highest BCUT2D eigenvalue weighted by atomic mass is 32.2. The lowest BCUT2D eigenvalue weighted by atomic mass is 10.2. The number of nitrogens with two attached hydrogens (primary N) is 1. The molecule has 28 heavy (non-hydrogen) atoms. The fourth-order valence-electron chi connectivity index (χ4n) is 2.24. The Bertz CT molecular complexity index is 929. The van der Waals surface area contributed by atoms with E-state index in [-0.39, 0.29) is 36.5 Å². The summed E-state index contributed by atoms with van der Waals surface area (Å²) in [5, 5.41) is 13.0. The van der Waals surface area contributed by atoms with Crippen LogP contribution in [0.3, 0.4) is 0 Å². The minimum absolute atomic E-state index is 0.0143. The summed E-state index contributed by atoms with van der Waals surface area (Å²) >= 11 is 0. The first-order valence-corrected chi connectivity index (χ1v) is 9.92. The van der Waals surface area contributed by atoms with Crippen molar-refractivity contribution in [2.75, 3.05) is 18.5 Å². The number of carbonyl (C=O) groups is 2. The predicted molar refractivity (Wildman–Crippen MR) is 104 cm³/mol. The maximum atomic E-state index is 11.8. The van der Waals surface area contributed by atoms with Crippen LogP contribution in [-0.2, 0) is 21.4 Å². The van der Waals surface area contributed by atoms with E-state index in [1.807, 2.05) is 0 Å². The first-order chi connectivity index (χ1) is 13.2. The third-order valence-corrected chi connectivity index (χ3v) is 4.44. The summed E-state index contributed by atoms with van der Waals surface area (Å²) in [7, 11) is -3.73. The summed E-state index contributed by atoms with van der Waals surface area (Å²) < 4.78 is 27.9. The van der Waals surface area contributed by atoms with Crippen molar-refractivity contribution in [3.63, 3.8) is 0 Å². The lowest BCUT2D eigenvalue weighted by molar-refractivity contribution is -0.114. The van der Waals surface area contributed by atoms with Crippen molar-refractivity contribution >= 4 is 27.6 Å². The van der Waals surface area contributed by atoms with Gasteiger partial charge in [-0.2, -0.15) is 0 Å². The zero-order valence-electron chi connectivity index (χ0n) is 15.3. The molecule has 10 heteroatoms. The third kappa shape index (κ3) is 7.25. The summed E-state index contributed by atoms with van der Waals surface area (Å²) in [6.45, 7) is 2.18. The number of urea groups is 1. The number of ether oxygens (including phenoxy) is 1. The molecule has 0 atom stereocenters. The molecule has 5 N–H and O–H groups in total. The van der Waals surface area contributed by atoms with Gasteiger partial charge in [-0.05, 0) is 29.8 Å². The fourth-order valence-corrected chi connectivity index (χ4v) is 2.76. The van der Waals surface area contributed by atoms with Crippen molar-refractivity contribution in [2.24, 2.45) is 5.14 Å². The van der Waals surface area contributed by atoms with E-state index in [9.17, 15) is 18.0 Å².